The van der Waals surface area contributed by atoms with Crippen molar-refractivity contribution in [2.75, 3.05) is 31.6 Å². The maximum absolute atomic E-state index is 15.1. The number of aldehydes is 1. The van der Waals surface area contributed by atoms with Crippen LogP contribution in [0.2, 0.25) is 0 Å². The number of hydrogen-bond acceptors (Lipinski definition) is 9. The van der Waals surface area contributed by atoms with Gasteiger partial charge in [0.2, 0.25) is 23.6 Å². The molecular weight excluding hydrogens is 884 g/mol. The zero-order valence-electron chi connectivity index (χ0n) is 36.8. The highest BCUT2D eigenvalue weighted by Crippen LogP contribution is 2.41. The van der Waals surface area contributed by atoms with Crippen LogP contribution in [-0.4, -0.2) is 111 Å². The summed E-state index contributed by atoms with van der Waals surface area (Å²) < 4.78 is 31.3. The van der Waals surface area contributed by atoms with E-state index < -0.39 is 83.0 Å². The van der Waals surface area contributed by atoms with E-state index in [9.17, 15) is 43.4 Å². The number of carboxylic acid groups (broad SMARTS) is 1. The minimum absolute atomic E-state index is 0.00227. The lowest BCUT2D eigenvalue weighted by Gasteiger charge is -2.41. The Hall–Kier alpha value is -5.04. The summed E-state index contributed by atoms with van der Waals surface area (Å²) in [5.41, 5.74) is 6.29. The number of carbonyl (C=O) groups is 6. The fraction of sp³-hybridized carbons (Fsp3) is 0.511. The van der Waals surface area contributed by atoms with Gasteiger partial charge in [-0.05, 0) is 73.8 Å². The molecule has 5 atom stereocenters. The lowest BCUT2D eigenvalue weighted by Crippen LogP contribution is -2.62. The molecule has 0 aliphatic carbocycles. The van der Waals surface area contributed by atoms with Gasteiger partial charge in [-0.2, -0.15) is 0 Å². The number of unbranched alkanes of at least 4 members (excludes halogenated alkanes) is 1. The fourth-order valence-corrected chi connectivity index (χ4v) is 7.33. The highest BCUT2D eigenvalue weighted by Gasteiger charge is 2.38. The van der Waals surface area contributed by atoms with Gasteiger partial charge in [-0.15, -0.1) is 0 Å². The number of rotatable bonds is 25. The molecule has 0 fully saturated rings. The van der Waals surface area contributed by atoms with Gasteiger partial charge in [0, 0.05) is 49.2 Å². The van der Waals surface area contributed by atoms with Gasteiger partial charge in [-0.1, -0.05) is 80.9 Å². The number of aliphatic hydroxyl groups excluding tert-OH is 1. The number of nitrogens with two attached hydrogens (primary N) is 1. The lowest BCUT2D eigenvalue weighted by molar-refractivity contribution is -0.142. The molecule has 3 aromatic rings. The van der Waals surface area contributed by atoms with Gasteiger partial charge in [0.05, 0.1) is 23.5 Å². The maximum atomic E-state index is 15.1. The second kappa shape index (κ2) is 24.1. The number of nitrogens with zero attached hydrogens (tertiary/aromatic N) is 2. The first kappa shape index (κ1) is 52.3. The third-order valence-electron chi connectivity index (χ3n) is 10.9. The minimum Gasteiger partial charge on any atom is -0.480 e. The predicted octanol–water partition coefficient (Wildman–Crippen LogP) is 4.05. The topological polar surface area (TPSA) is 225 Å². The van der Waals surface area contributed by atoms with Crippen molar-refractivity contribution in [1.82, 2.24) is 30.7 Å². The van der Waals surface area contributed by atoms with Gasteiger partial charge >= 0.3 is 5.97 Å². The first-order valence-corrected chi connectivity index (χ1v) is 22.0. The van der Waals surface area contributed by atoms with Gasteiger partial charge in [-0.25, -0.2) is 13.6 Å². The minimum atomic E-state index is -1.29. The Morgan fingerprint density at radius 3 is 2.24 bits per heavy atom. The smallest absolute Gasteiger partial charge is 0.326 e. The molecule has 1 heterocycles. The molecule has 346 valence electrons. The lowest BCUT2D eigenvalue weighted by atomic mass is 9.82. The van der Waals surface area contributed by atoms with E-state index in [4.69, 9.17) is 5.73 Å². The summed E-state index contributed by atoms with van der Waals surface area (Å²) in [6.45, 7) is 10.3. The van der Waals surface area contributed by atoms with E-state index in [1.54, 1.807) is 26.1 Å². The average molecular weight is 947 g/mol. The molecule has 0 aliphatic rings. The van der Waals surface area contributed by atoms with Gasteiger partial charge in [0.1, 0.15) is 36.1 Å². The Morgan fingerprint density at radius 1 is 0.968 bits per heavy atom. The highest BCUT2D eigenvalue weighted by molar-refractivity contribution is 9.09. The Bertz CT molecular complexity index is 2030. The SMILES string of the molecule is CC(C)[C@](C=O)(CN[C@@H](C)C(=O)N[C@@H](CCCCNC(=O)[C@@H](N)CCN(C(=O)CO)[C@@H](c1cc(-c2cc(F)ccc2F)cn1Cc1ccccc1)C(C)(C)C)C(=O)O)NC(=O)CBr. The van der Waals surface area contributed by atoms with Crippen LogP contribution < -0.4 is 27.0 Å². The molecular formula is C45H62BrF2N7O8. The van der Waals surface area contributed by atoms with Gasteiger partial charge in [0.15, 0.2) is 0 Å². The zero-order valence-corrected chi connectivity index (χ0v) is 38.3. The van der Waals surface area contributed by atoms with Crippen LogP contribution in [-0.2, 0) is 35.3 Å². The van der Waals surface area contributed by atoms with Crippen molar-refractivity contribution < 1.29 is 47.8 Å². The van der Waals surface area contributed by atoms with Gasteiger partial charge in [-0.3, -0.25) is 19.2 Å². The third kappa shape index (κ3) is 15.0. The molecule has 0 radical (unpaired) electrons. The van der Waals surface area contributed by atoms with E-state index >= 15 is 4.39 Å². The van der Waals surface area contributed by atoms with Crippen LogP contribution in [0.4, 0.5) is 8.78 Å². The second-order valence-corrected chi connectivity index (χ2v) is 17.6. The summed E-state index contributed by atoms with van der Waals surface area (Å²) in [6, 6.07) is 10.4. The number of aliphatic hydroxyl groups is 1. The van der Waals surface area contributed by atoms with Crippen molar-refractivity contribution in [3.63, 3.8) is 0 Å². The summed E-state index contributed by atoms with van der Waals surface area (Å²) in [7, 11) is 0. The van der Waals surface area contributed by atoms with Crippen LogP contribution in [0.25, 0.3) is 11.1 Å². The van der Waals surface area contributed by atoms with Crippen molar-refractivity contribution >= 4 is 51.8 Å². The molecule has 1 aromatic heterocycles. The number of hydrogen-bond donors (Lipinski definition) is 7. The predicted molar refractivity (Wildman–Crippen MR) is 238 cm³/mol. The van der Waals surface area contributed by atoms with Crippen molar-refractivity contribution in [2.45, 2.75) is 103 Å². The summed E-state index contributed by atoms with van der Waals surface area (Å²) in [5.74, 6) is -4.98. The first-order valence-electron chi connectivity index (χ1n) is 20.9. The summed E-state index contributed by atoms with van der Waals surface area (Å²) >= 11 is 3.06. The number of halogens is 3. The van der Waals surface area contributed by atoms with Crippen LogP contribution >= 0.6 is 15.9 Å². The molecule has 2 aromatic carbocycles. The molecule has 0 saturated carbocycles. The normalized spacial score (nSPS) is 14.5. The number of carboxylic acids is 1. The highest BCUT2D eigenvalue weighted by atomic mass is 79.9. The first-order chi connectivity index (χ1) is 29.7. The standard InChI is InChI=1S/C45H62BrF2N7O8/c1-28(2)45(27-57,53-38(58)22-46)26-51-29(3)41(60)52-36(43(62)63)14-10-11-18-50-42(61)35(49)17-19-55(39(59)25-56)40(44(4,5)6)37-20-31(33-21-32(47)15-16-34(33)48)24-54(37)23-30-12-8-7-9-13-30/h7-9,12-13,15-16,20-21,24,27-29,35-36,40,51,56H,10-11,14,17-19,22-23,25-26,49H2,1-6H3,(H,50,61)(H,52,60)(H,53,58)(H,62,63)/t29-,35-,36-,40-,45+/m0/s1. The van der Waals surface area contributed by atoms with Crippen LogP contribution in [0.3, 0.4) is 0 Å². The number of alkyl halides is 1. The van der Waals surface area contributed by atoms with Crippen LogP contribution in [0.5, 0.6) is 0 Å². The molecule has 4 amide bonds. The molecule has 3 rings (SSSR count). The van der Waals surface area contributed by atoms with Crippen LogP contribution in [0, 0.1) is 23.0 Å². The second-order valence-electron chi connectivity index (χ2n) is 17.1. The number of aromatic nitrogens is 1. The zero-order chi connectivity index (χ0) is 47.1. The third-order valence-corrected chi connectivity index (χ3v) is 11.4. The monoisotopic (exact) mass is 945 g/mol. The maximum Gasteiger partial charge on any atom is 0.326 e. The molecule has 63 heavy (non-hydrogen) atoms. The summed E-state index contributed by atoms with van der Waals surface area (Å²) in [4.78, 5) is 77.1. The largest absolute Gasteiger partial charge is 0.480 e. The van der Waals surface area contributed by atoms with Crippen molar-refractivity contribution in [3.05, 3.63) is 83.7 Å². The molecule has 0 aliphatic heterocycles. The van der Waals surface area contributed by atoms with Crippen LogP contribution in [0.1, 0.15) is 84.5 Å². The molecule has 0 bridgehead atoms. The molecule has 15 nitrogen and oxygen atoms in total. The summed E-state index contributed by atoms with van der Waals surface area (Å²) in [5, 5.41) is 30.7. The number of nitrogens with one attached hydrogen (secondary N) is 4. The molecule has 18 heteroatoms. The summed E-state index contributed by atoms with van der Waals surface area (Å²) in [6.07, 6.45) is 3.03. The quantitative estimate of drug-likeness (QED) is 0.0367. The van der Waals surface area contributed by atoms with E-state index in [-0.39, 0.29) is 49.3 Å². The van der Waals surface area contributed by atoms with Crippen molar-refractivity contribution in [2.24, 2.45) is 17.1 Å². The fourth-order valence-electron chi connectivity index (χ4n) is 7.19. The van der Waals surface area contributed by atoms with Crippen molar-refractivity contribution in [1.29, 1.82) is 0 Å². The van der Waals surface area contributed by atoms with E-state index in [0.29, 0.717) is 36.9 Å². The van der Waals surface area contributed by atoms with E-state index in [0.717, 1.165) is 23.8 Å². The average Bonchev–Trinajstić information content (AvgIpc) is 3.64. The number of amides is 4. The van der Waals surface area contributed by atoms with E-state index in [1.165, 1.54) is 11.8 Å². The molecule has 0 saturated heterocycles. The molecule has 8 N–H and O–H groups in total. The van der Waals surface area contributed by atoms with Gasteiger partial charge in [0.25, 0.3) is 0 Å². The Morgan fingerprint density at radius 2 is 1.65 bits per heavy atom. The molecule has 0 unspecified atom stereocenters. The van der Waals surface area contributed by atoms with E-state index in [1.807, 2.05) is 55.7 Å². The Labute approximate surface area is 376 Å². The van der Waals surface area contributed by atoms with Crippen LogP contribution in [0.15, 0.2) is 60.8 Å². The van der Waals surface area contributed by atoms with Crippen molar-refractivity contribution in [3.8, 4) is 11.1 Å². The number of aliphatic carboxylic acids is 1. The number of benzene rings is 2. The van der Waals surface area contributed by atoms with E-state index in [2.05, 4.69) is 37.2 Å². The van der Waals surface area contributed by atoms with Gasteiger partial charge < -0.3 is 51.5 Å². The number of carbonyl (C=O) groups excluding carboxylic acids is 5. The Kier molecular flexibility index (Phi) is 20.0. The molecule has 0 spiro atoms. The Balaban J connectivity index is 1.66.